The molecule has 1 saturated heterocycles. The molecule has 0 atom stereocenters. The molecule has 4 nitrogen and oxygen atoms in total. The van der Waals surface area contributed by atoms with Gasteiger partial charge in [-0.3, -0.25) is 4.90 Å². The number of rotatable bonds is 11. The monoisotopic (exact) mass is 527 g/mol. The molecule has 4 aromatic carbocycles. The van der Waals surface area contributed by atoms with Crippen molar-refractivity contribution in [1.82, 2.24) is 4.90 Å². The van der Waals surface area contributed by atoms with Crippen molar-refractivity contribution in [2.24, 2.45) is 0 Å². The quantitative estimate of drug-likeness (QED) is 0.182. The molecule has 1 heterocycles. The molecule has 5 heteroatoms. The summed E-state index contributed by atoms with van der Waals surface area (Å²) in [4.78, 5) is 2.50. The highest BCUT2D eigenvalue weighted by molar-refractivity contribution is 5.96. The van der Waals surface area contributed by atoms with Gasteiger partial charge >= 0.3 is 0 Å². The molecular weight excluding hydrogens is 489 g/mol. The van der Waals surface area contributed by atoms with Crippen LogP contribution in [0.25, 0.3) is 21.9 Å². The Hall–Kier alpha value is -3.57. The van der Waals surface area contributed by atoms with Crippen molar-refractivity contribution in [2.45, 2.75) is 45.4 Å². The maximum atomic E-state index is 13.7. The number of halogens is 1. The Morgan fingerprint density at radius 2 is 1.41 bits per heavy atom. The fourth-order valence-corrected chi connectivity index (χ4v) is 5.04. The van der Waals surface area contributed by atoms with E-state index in [4.69, 9.17) is 14.2 Å². The zero-order valence-corrected chi connectivity index (χ0v) is 22.8. The van der Waals surface area contributed by atoms with Crippen molar-refractivity contribution in [2.75, 3.05) is 32.8 Å². The topological polar surface area (TPSA) is 30.9 Å². The molecule has 1 aliphatic heterocycles. The van der Waals surface area contributed by atoms with Crippen molar-refractivity contribution in [1.29, 1.82) is 0 Å². The van der Waals surface area contributed by atoms with E-state index in [1.165, 1.54) is 50.9 Å². The summed E-state index contributed by atoms with van der Waals surface area (Å²) in [6.45, 7) is 6.83. The molecular formula is C34H38FNO3. The average Bonchev–Trinajstić information content (AvgIpc) is 3.24. The third kappa shape index (κ3) is 7.30. The van der Waals surface area contributed by atoms with Crippen molar-refractivity contribution in [3.05, 3.63) is 84.7 Å². The highest BCUT2D eigenvalue weighted by Crippen LogP contribution is 2.41. The van der Waals surface area contributed by atoms with E-state index >= 15 is 0 Å². The van der Waals surface area contributed by atoms with Crippen LogP contribution in [0.15, 0.2) is 78.9 Å². The smallest absolute Gasteiger partial charge is 0.143 e. The minimum Gasteiger partial charge on any atom is -0.494 e. The number of fused-ring (bicyclic) bond motifs is 1. The molecule has 5 rings (SSSR count). The molecule has 0 saturated carbocycles. The minimum atomic E-state index is -0.262. The van der Waals surface area contributed by atoms with Crippen LogP contribution in [0.5, 0.6) is 23.0 Å². The Morgan fingerprint density at radius 3 is 2.15 bits per heavy atom. The maximum absolute atomic E-state index is 13.7. The summed E-state index contributed by atoms with van der Waals surface area (Å²) in [6, 6.07) is 24.5. The molecule has 1 fully saturated rings. The van der Waals surface area contributed by atoms with E-state index in [0.717, 1.165) is 58.5 Å². The summed E-state index contributed by atoms with van der Waals surface area (Å²) in [5, 5.41) is 2.00. The highest BCUT2D eigenvalue weighted by Gasteiger charge is 2.14. The zero-order chi connectivity index (χ0) is 26.9. The molecule has 0 N–H and O–H groups in total. The van der Waals surface area contributed by atoms with Crippen LogP contribution in [-0.4, -0.2) is 37.7 Å². The number of benzene rings is 4. The van der Waals surface area contributed by atoms with Crippen LogP contribution >= 0.6 is 0 Å². The van der Waals surface area contributed by atoms with Crippen LogP contribution in [0.2, 0.25) is 0 Å². The summed E-state index contributed by atoms with van der Waals surface area (Å²) in [6.07, 6.45) is 7.36. The largest absolute Gasteiger partial charge is 0.494 e. The van der Waals surface area contributed by atoms with E-state index in [0.29, 0.717) is 19.0 Å². The van der Waals surface area contributed by atoms with Crippen molar-refractivity contribution >= 4 is 10.8 Å². The van der Waals surface area contributed by atoms with Crippen molar-refractivity contribution in [3.8, 4) is 34.1 Å². The van der Waals surface area contributed by atoms with Gasteiger partial charge in [-0.05, 0) is 104 Å². The fourth-order valence-electron chi connectivity index (χ4n) is 5.04. The van der Waals surface area contributed by atoms with Crippen LogP contribution in [0, 0.1) is 5.82 Å². The zero-order valence-electron chi connectivity index (χ0n) is 22.8. The van der Waals surface area contributed by atoms with Gasteiger partial charge in [-0.1, -0.05) is 44.4 Å². The number of ether oxygens (including phenoxy) is 3. The third-order valence-electron chi connectivity index (χ3n) is 7.28. The van der Waals surface area contributed by atoms with Crippen molar-refractivity contribution in [3.63, 3.8) is 0 Å². The average molecular weight is 528 g/mol. The first-order valence-electron chi connectivity index (χ1n) is 14.3. The van der Waals surface area contributed by atoms with E-state index in [2.05, 4.69) is 17.9 Å². The Bertz CT molecular complexity index is 1330. The van der Waals surface area contributed by atoms with Crippen LogP contribution in [-0.2, 0) is 0 Å². The highest BCUT2D eigenvalue weighted by atomic mass is 19.1. The van der Waals surface area contributed by atoms with Gasteiger partial charge in [0.1, 0.15) is 35.4 Å². The lowest BCUT2D eigenvalue weighted by Gasteiger charge is -2.19. The molecule has 4 aromatic rings. The van der Waals surface area contributed by atoms with Crippen LogP contribution in [0.4, 0.5) is 4.39 Å². The number of likely N-dealkylation sites (tertiary alicyclic amines) is 1. The molecule has 1 aliphatic rings. The van der Waals surface area contributed by atoms with Gasteiger partial charge in [0.05, 0.1) is 6.61 Å². The van der Waals surface area contributed by atoms with Gasteiger partial charge in [0.15, 0.2) is 0 Å². The van der Waals surface area contributed by atoms with E-state index in [1.54, 1.807) is 12.1 Å². The first-order valence-corrected chi connectivity index (χ1v) is 14.3. The summed E-state index contributed by atoms with van der Waals surface area (Å²) in [7, 11) is 0. The lowest BCUT2D eigenvalue weighted by Crippen LogP contribution is -2.29. The van der Waals surface area contributed by atoms with Gasteiger partial charge in [0.25, 0.3) is 0 Å². The number of nitrogens with zero attached hydrogens (tertiary/aromatic N) is 1. The van der Waals surface area contributed by atoms with Crippen LogP contribution in [0.3, 0.4) is 0 Å². The SMILES string of the molecule is CCCCOc1ccc2c(Oc3ccc(OCCN4CCCCCC4)cc3)c(-c3ccc(F)cc3)ccc2c1. The van der Waals surface area contributed by atoms with Gasteiger partial charge < -0.3 is 14.2 Å². The maximum Gasteiger partial charge on any atom is 0.143 e. The van der Waals surface area contributed by atoms with Gasteiger partial charge in [-0.25, -0.2) is 4.39 Å². The lowest BCUT2D eigenvalue weighted by molar-refractivity contribution is 0.214. The Balaban J connectivity index is 1.35. The molecule has 0 bridgehead atoms. The lowest BCUT2D eigenvalue weighted by atomic mass is 9.99. The van der Waals surface area contributed by atoms with Crippen LogP contribution in [0.1, 0.15) is 45.4 Å². The standard InChI is InChI=1S/C34H38FNO3/c1-2-3-23-37-31-17-19-33-27(25-31)10-18-32(26-8-11-28(35)12-9-26)34(33)39-30-15-13-29(14-16-30)38-24-22-36-20-6-4-5-7-21-36/h8-19,25H,2-7,20-24H2,1H3. The molecule has 0 amide bonds. The van der Waals surface area contributed by atoms with Gasteiger partial charge in [-0.15, -0.1) is 0 Å². The van der Waals surface area contributed by atoms with Crippen molar-refractivity contribution < 1.29 is 18.6 Å². The van der Waals surface area contributed by atoms with E-state index in [-0.39, 0.29) is 5.82 Å². The number of hydrogen-bond donors (Lipinski definition) is 0. The Kier molecular flexibility index (Phi) is 9.34. The molecule has 0 aliphatic carbocycles. The van der Waals surface area contributed by atoms with Gasteiger partial charge in [0, 0.05) is 17.5 Å². The predicted octanol–water partition coefficient (Wildman–Crippen LogP) is 8.87. The summed E-state index contributed by atoms with van der Waals surface area (Å²) in [5.74, 6) is 2.87. The Morgan fingerprint density at radius 1 is 0.718 bits per heavy atom. The molecule has 39 heavy (non-hydrogen) atoms. The van der Waals surface area contributed by atoms with Crippen LogP contribution < -0.4 is 14.2 Å². The Labute approximate surface area is 231 Å². The third-order valence-corrected chi connectivity index (χ3v) is 7.28. The first kappa shape index (κ1) is 27.0. The summed E-state index contributed by atoms with van der Waals surface area (Å²) >= 11 is 0. The first-order chi connectivity index (χ1) is 19.2. The second kappa shape index (κ2) is 13.5. The van der Waals surface area contributed by atoms with Gasteiger partial charge in [0.2, 0.25) is 0 Å². The molecule has 0 unspecified atom stereocenters. The number of hydrogen-bond acceptors (Lipinski definition) is 4. The normalized spacial score (nSPS) is 14.2. The second-order valence-corrected chi connectivity index (χ2v) is 10.2. The molecule has 0 aromatic heterocycles. The summed E-state index contributed by atoms with van der Waals surface area (Å²) < 4.78 is 32.1. The minimum absolute atomic E-state index is 0.262. The van der Waals surface area contributed by atoms with E-state index < -0.39 is 0 Å². The molecule has 204 valence electrons. The predicted molar refractivity (Wildman–Crippen MR) is 157 cm³/mol. The second-order valence-electron chi connectivity index (χ2n) is 10.2. The summed E-state index contributed by atoms with van der Waals surface area (Å²) in [5.41, 5.74) is 1.80. The van der Waals surface area contributed by atoms with Gasteiger partial charge in [-0.2, -0.15) is 0 Å². The fraction of sp³-hybridized carbons (Fsp3) is 0.353. The van der Waals surface area contributed by atoms with E-state index in [1.807, 2.05) is 48.5 Å². The molecule has 0 radical (unpaired) electrons. The molecule has 0 spiro atoms. The van der Waals surface area contributed by atoms with E-state index in [9.17, 15) is 4.39 Å². The number of unbranched alkanes of at least 4 members (excludes halogenated alkanes) is 1.